The summed E-state index contributed by atoms with van der Waals surface area (Å²) in [6, 6.07) is 3.79. The van der Waals surface area contributed by atoms with Gasteiger partial charge in [-0.25, -0.2) is 9.97 Å². The molecular formula is C12H14N2O2S. The van der Waals surface area contributed by atoms with E-state index in [-0.39, 0.29) is 0 Å². The molecule has 0 spiro atoms. The summed E-state index contributed by atoms with van der Waals surface area (Å²) in [5.74, 6) is 2.36. The van der Waals surface area contributed by atoms with Crippen molar-refractivity contribution in [1.82, 2.24) is 9.97 Å². The number of nitrogens with zero attached hydrogens (tertiary/aromatic N) is 2. The number of hydrogen-bond acceptors (Lipinski definition) is 5. The van der Waals surface area contributed by atoms with Gasteiger partial charge in [-0.3, -0.25) is 0 Å². The van der Waals surface area contributed by atoms with Crippen LogP contribution in [0.4, 0.5) is 0 Å². The number of methoxy groups -OCH3 is 2. The van der Waals surface area contributed by atoms with Crippen molar-refractivity contribution >= 4 is 22.7 Å². The molecule has 5 heteroatoms. The van der Waals surface area contributed by atoms with Gasteiger partial charge in [-0.1, -0.05) is 6.92 Å². The molecule has 0 fully saturated rings. The Bertz CT molecular complexity index is 531. The Labute approximate surface area is 104 Å². The maximum atomic E-state index is 5.29. The smallest absolute Gasteiger partial charge is 0.162 e. The number of ether oxygens (including phenoxy) is 2. The van der Waals surface area contributed by atoms with Gasteiger partial charge in [0.25, 0.3) is 0 Å². The molecule has 0 radical (unpaired) electrons. The van der Waals surface area contributed by atoms with Gasteiger partial charge in [0.05, 0.1) is 19.7 Å². The van der Waals surface area contributed by atoms with Crippen LogP contribution in [-0.2, 0) is 0 Å². The molecule has 0 saturated carbocycles. The molecule has 1 aromatic heterocycles. The van der Waals surface area contributed by atoms with E-state index in [0.29, 0.717) is 11.5 Å². The van der Waals surface area contributed by atoms with E-state index in [1.807, 2.05) is 12.1 Å². The summed E-state index contributed by atoms with van der Waals surface area (Å²) in [6.45, 7) is 2.10. The molecule has 0 aliphatic rings. The van der Waals surface area contributed by atoms with Gasteiger partial charge in [0.15, 0.2) is 11.5 Å². The molecule has 0 unspecified atom stereocenters. The van der Waals surface area contributed by atoms with E-state index in [1.165, 1.54) is 0 Å². The first-order chi connectivity index (χ1) is 8.30. The summed E-state index contributed by atoms with van der Waals surface area (Å²) in [5, 5.41) is 1.97. The third-order valence-corrected chi connectivity index (χ3v) is 3.27. The zero-order valence-electron chi connectivity index (χ0n) is 10.1. The molecule has 0 saturated heterocycles. The van der Waals surface area contributed by atoms with E-state index in [9.17, 15) is 0 Å². The molecule has 1 heterocycles. The predicted octanol–water partition coefficient (Wildman–Crippen LogP) is 2.76. The van der Waals surface area contributed by atoms with Gasteiger partial charge in [0, 0.05) is 11.5 Å². The zero-order chi connectivity index (χ0) is 12.3. The first-order valence-corrected chi connectivity index (χ1v) is 6.28. The lowest BCUT2D eigenvalue weighted by Crippen LogP contribution is -1.93. The first-order valence-electron chi connectivity index (χ1n) is 5.29. The van der Waals surface area contributed by atoms with Crippen molar-refractivity contribution in [2.75, 3.05) is 20.0 Å². The van der Waals surface area contributed by atoms with E-state index >= 15 is 0 Å². The molecule has 0 N–H and O–H groups in total. The van der Waals surface area contributed by atoms with Gasteiger partial charge in [-0.2, -0.15) is 0 Å². The van der Waals surface area contributed by atoms with Crippen LogP contribution in [-0.4, -0.2) is 29.9 Å². The average Bonchev–Trinajstić information content (AvgIpc) is 2.38. The number of thioether (sulfide) groups is 1. The van der Waals surface area contributed by atoms with Crippen molar-refractivity contribution in [3.05, 3.63) is 18.5 Å². The van der Waals surface area contributed by atoms with Crippen molar-refractivity contribution in [2.24, 2.45) is 0 Å². The van der Waals surface area contributed by atoms with Crippen molar-refractivity contribution in [3.63, 3.8) is 0 Å². The largest absolute Gasteiger partial charge is 0.493 e. The van der Waals surface area contributed by atoms with Gasteiger partial charge in [-0.15, -0.1) is 11.8 Å². The van der Waals surface area contributed by atoms with Crippen molar-refractivity contribution in [2.45, 2.75) is 11.9 Å². The summed E-state index contributed by atoms with van der Waals surface area (Å²) < 4.78 is 10.5. The van der Waals surface area contributed by atoms with Gasteiger partial charge in [0.1, 0.15) is 11.4 Å². The average molecular weight is 250 g/mol. The standard InChI is InChI=1S/C12H14N2O2S/c1-4-17-12-8-5-10(15-2)11(16-3)6-9(8)13-7-14-12/h5-7H,4H2,1-3H3. The number of fused-ring (bicyclic) bond motifs is 1. The van der Waals surface area contributed by atoms with Crippen LogP contribution < -0.4 is 9.47 Å². The van der Waals surface area contributed by atoms with Crippen LogP contribution >= 0.6 is 11.8 Å². The third-order valence-electron chi connectivity index (χ3n) is 2.39. The number of aromatic nitrogens is 2. The number of hydrogen-bond donors (Lipinski definition) is 0. The minimum atomic E-state index is 0.686. The zero-order valence-corrected chi connectivity index (χ0v) is 10.9. The molecule has 2 rings (SSSR count). The van der Waals surface area contributed by atoms with Crippen molar-refractivity contribution in [3.8, 4) is 11.5 Å². The molecule has 0 aliphatic heterocycles. The Morgan fingerprint density at radius 3 is 2.47 bits per heavy atom. The van der Waals surface area contributed by atoms with Crippen molar-refractivity contribution < 1.29 is 9.47 Å². The van der Waals surface area contributed by atoms with E-state index in [0.717, 1.165) is 21.7 Å². The van der Waals surface area contributed by atoms with Crippen LogP contribution in [0, 0.1) is 0 Å². The molecule has 1 aromatic carbocycles. The highest BCUT2D eigenvalue weighted by Crippen LogP contribution is 2.34. The topological polar surface area (TPSA) is 44.2 Å². The summed E-state index contributed by atoms with van der Waals surface area (Å²) >= 11 is 1.69. The molecule has 90 valence electrons. The summed E-state index contributed by atoms with van der Waals surface area (Å²) in [4.78, 5) is 8.53. The maximum Gasteiger partial charge on any atom is 0.162 e. The molecular weight excluding hydrogens is 236 g/mol. The fraction of sp³-hybridized carbons (Fsp3) is 0.333. The Morgan fingerprint density at radius 2 is 1.82 bits per heavy atom. The predicted molar refractivity (Wildman–Crippen MR) is 69.0 cm³/mol. The van der Waals surface area contributed by atoms with Gasteiger partial charge < -0.3 is 9.47 Å². The third kappa shape index (κ3) is 2.29. The quantitative estimate of drug-likeness (QED) is 0.616. The second-order valence-electron chi connectivity index (χ2n) is 3.34. The lowest BCUT2D eigenvalue weighted by Gasteiger charge is -2.10. The highest BCUT2D eigenvalue weighted by molar-refractivity contribution is 7.99. The summed E-state index contributed by atoms with van der Waals surface area (Å²) in [6.07, 6.45) is 1.58. The Hall–Kier alpha value is -1.49. The monoisotopic (exact) mass is 250 g/mol. The van der Waals surface area contributed by atoms with Gasteiger partial charge in [0.2, 0.25) is 0 Å². The van der Waals surface area contributed by atoms with Gasteiger partial charge in [-0.05, 0) is 11.8 Å². The molecule has 2 aromatic rings. The maximum absolute atomic E-state index is 5.29. The molecule has 4 nitrogen and oxygen atoms in total. The van der Waals surface area contributed by atoms with E-state index in [1.54, 1.807) is 32.3 Å². The Balaban J connectivity index is 2.64. The van der Waals surface area contributed by atoms with E-state index < -0.39 is 0 Å². The van der Waals surface area contributed by atoms with Crippen LogP contribution in [0.15, 0.2) is 23.5 Å². The highest BCUT2D eigenvalue weighted by atomic mass is 32.2. The van der Waals surface area contributed by atoms with Crippen LogP contribution in [0.25, 0.3) is 10.9 Å². The second-order valence-corrected chi connectivity index (χ2v) is 4.59. The first kappa shape index (κ1) is 12.0. The second kappa shape index (κ2) is 5.23. The van der Waals surface area contributed by atoms with E-state index in [4.69, 9.17) is 9.47 Å². The molecule has 17 heavy (non-hydrogen) atoms. The highest BCUT2D eigenvalue weighted by Gasteiger charge is 2.10. The van der Waals surface area contributed by atoms with Crippen LogP contribution in [0.1, 0.15) is 6.92 Å². The summed E-state index contributed by atoms with van der Waals surface area (Å²) in [5.41, 5.74) is 0.869. The minimum absolute atomic E-state index is 0.686. The fourth-order valence-corrected chi connectivity index (χ4v) is 2.33. The number of rotatable bonds is 4. The summed E-state index contributed by atoms with van der Waals surface area (Å²) in [7, 11) is 3.24. The molecule has 0 aliphatic carbocycles. The molecule has 0 amide bonds. The van der Waals surface area contributed by atoms with Crippen LogP contribution in [0.5, 0.6) is 11.5 Å². The Morgan fingerprint density at radius 1 is 1.12 bits per heavy atom. The van der Waals surface area contributed by atoms with Crippen LogP contribution in [0.2, 0.25) is 0 Å². The van der Waals surface area contributed by atoms with Crippen LogP contribution in [0.3, 0.4) is 0 Å². The van der Waals surface area contributed by atoms with E-state index in [2.05, 4.69) is 16.9 Å². The number of benzene rings is 1. The molecule has 0 atom stereocenters. The fourth-order valence-electron chi connectivity index (χ4n) is 1.61. The molecule has 0 bridgehead atoms. The minimum Gasteiger partial charge on any atom is -0.493 e. The van der Waals surface area contributed by atoms with Gasteiger partial charge >= 0.3 is 0 Å². The SMILES string of the molecule is CCSc1ncnc2cc(OC)c(OC)cc12. The normalized spacial score (nSPS) is 10.5. The lowest BCUT2D eigenvalue weighted by molar-refractivity contribution is 0.355. The lowest BCUT2D eigenvalue weighted by atomic mass is 10.2. The van der Waals surface area contributed by atoms with Crippen molar-refractivity contribution in [1.29, 1.82) is 0 Å². The Kier molecular flexibility index (Phi) is 3.68.